The van der Waals surface area contributed by atoms with Crippen LogP contribution in [-0.4, -0.2) is 33.4 Å². The summed E-state index contributed by atoms with van der Waals surface area (Å²) in [6.45, 7) is 9.65. The zero-order valence-electron chi connectivity index (χ0n) is 15.8. The minimum atomic E-state index is -0.520. The summed E-state index contributed by atoms with van der Waals surface area (Å²) in [6.07, 6.45) is 4.38. The molecule has 1 heterocycles. The molecule has 7 heteroatoms. The molecule has 0 aliphatic heterocycles. The first-order valence-electron chi connectivity index (χ1n) is 9.03. The Balaban J connectivity index is 1.86. The number of hydrogen-bond donors (Lipinski definition) is 2. The number of aromatic nitrogens is 2. The Morgan fingerprint density at radius 1 is 1.40 bits per heavy atom. The average Bonchev–Trinajstić information content (AvgIpc) is 3.13. The highest BCUT2D eigenvalue weighted by atomic mass is 16.6. The van der Waals surface area contributed by atoms with Gasteiger partial charge in [0.05, 0.1) is 12.2 Å². The third-order valence-corrected chi connectivity index (χ3v) is 4.45. The number of carbonyl (C=O) groups is 2. The van der Waals surface area contributed by atoms with E-state index in [-0.39, 0.29) is 23.9 Å². The van der Waals surface area contributed by atoms with Crippen molar-refractivity contribution < 1.29 is 14.3 Å². The van der Waals surface area contributed by atoms with E-state index in [9.17, 15) is 9.59 Å². The maximum atomic E-state index is 12.5. The highest BCUT2D eigenvalue weighted by molar-refractivity contribution is 5.92. The van der Waals surface area contributed by atoms with E-state index >= 15 is 0 Å². The van der Waals surface area contributed by atoms with Gasteiger partial charge in [-0.25, -0.2) is 9.48 Å². The number of hydrogen-bond acceptors (Lipinski definition) is 4. The fraction of sp³-hybridized carbons (Fsp3) is 0.722. The van der Waals surface area contributed by atoms with E-state index < -0.39 is 11.7 Å². The van der Waals surface area contributed by atoms with Crippen LogP contribution >= 0.6 is 0 Å². The Labute approximate surface area is 149 Å². The predicted molar refractivity (Wildman–Crippen MR) is 96.4 cm³/mol. The molecule has 3 unspecified atom stereocenters. The monoisotopic (exact) mass is 350 g/mol. The van der Waals surface area contributed by atoms with Gasteiger partial charge < -0.3 is 15.4 Å². The minimum Gasteiger partial charge on any atom is -0.444 e. The van der Waals surface area contributed by atoms with Crippen molar-refractivity contribution in [2.45, 2.75) is 78.0 Å². The highest BCUT2D eigenvalue weighted by Gasteiger charge is 2.32. The van der Waals surface area contributed by atoms with Crippen LogP contribution in [-0.2, 0) is 9.53 Å². The van der Waals surface area contributed by atoms with Crippen molar-refractivity contribution in [1.82, 2.24) is 15.1 Å². The Hall–Kier alpha value is -2.05. The van der Waals surface area contributed by atoms with E-state index in [1.165, 1.54) is 0 Å². The van der Waals surface area contributed by atoms with E-state index in [1.54, 1.807) is 6.20 Å². The average molecular weight is 350 g/mol. The number of alkyl carbamates (subject to hydrolysis) is 1. The Morgan fingerprint density at radius 3 is 2.76 bits per heavy atom. The van der Waals surface area contributed by atoms with Crippen molar-refractivity contribution in [3.05, 3.63) is 12.3 Å². The fourth-order valence-electron chi connectivity index (χ4n) is 2.99. The van der Waals surface area contributed by atoms with Crippen molar-refractivity contribution in [3.63, 3.8) is 0 Å². The van der Waals surface area contributed by atoms with Crippen molar-refractivity contribution in [2.24, 2.45) is 5.92 Å². The van der Waals surface area contributed by atoms with Gasteiger partial charge in [-0.2, -0.15) is 5.10 Å². The number of nitrogens with one attached hydrogen (secondary N) is 2. The van der Waals surface area contributed by atoms with Gasteiger partial charge in [0.2, 0.25) is 5.91 Å². The van der Waals surface area contributed by atoms with Crippen LogP contribution in [0.1, 0.15) is 66.3 Å². The lowest BCUT2D eigenvalue weighted by Crippen LogP contribution is -2.38. The molecular formula is C18H30N4O3. The van der Waals surface area contributed by atoms with Gasteiger partial charge >= 0.3 is 6.09 Å². The lowest BCUT2D eigenvalue weighted by atomic mass is 10.1. The molecule has 3 atom stereocenters. The molecule has 1 saturated carbocycles. The maximum absolute atomic E-state index is 12.5. The third-order valence-electron chi connectivity index (χ3n) is 4.45. The van der Waals surface area contributed by atoms with Crippen molar-refractivity contribution in [2.75, 3.05) is 5.32 Å². The zero-order chi connectivity index (χ0) is 18.6. The predicted octanol–water partition coefficient (Wildman–Crippen LogP) is 3.49. The van der Waals surface area contributed by atoms with E-state index in [1.807, 2.05) is 31.5 Å². The lowest BCUT2D eigenvalue weighted by molar-refractivity contribution is -0.119. The summed E-state index contributed by atoms with van der Waals surface area (Å²) in [5.74, 6) is 0.599. The molecule has 0 radical (unpaired) electrons. The molecule has 1 aliphatic carbocycles. The second-order valence-electron chi connectivity index (χ2n) is 7.76. The van der Waals surface area contributed by atoms with Crippen LogP contribution in [0, 0.1) is 5.92 Å². The van der Waals surface area contributed by atoms with Crippen molar-refractivity contribution in [3.8, 4) is 0 Å². The van der Waals surface area contributed by atoms with E-state index in [4.69, 9.17) is 4.74 Å². The van der Waals surface area contributed by atoms with Gasteiger partial charge in [0.25, 0.3) is 0 Å². The molecule has 0 saturated heterocycles. The zero-order valence-corrected chi connectivity index (χ0v) is 15.8. The number of nitrogens with zero attached hydrogens (tertiary/aromatic N) is 2. The first-order valence-corrected chi connectivity index (χ1v) is 9.03. The Kier molecular flexibility index (Phi) is 6.08. The van der Waals surface area contributed by atoms with Crippen LogP contribution in [0.3, 0.4) is 0 Å². The smallest absolute Gasteiger partial charge is 0.407 e. The molecule has 0 aromatic carbocycles. The molecule has 0 spiro atoms. The van der Waals surface area contributed by atoms with Crippen molar-refractivity contribution >= 4 is 17.8 Å². The number of amides is 2. The highest BCUT2D eigenvalue weighted by Crippen LogP contribution is 2.27. The molecule has 2 rings (SSSR count). The second kappa shape index (κ2) is 7.89. The van der Waals surface area contributed by atoms with Crippen LogP contribution in [0.5, 0.6) is 0 Å². The largest absolute Gasteiger partial charge is 0.444 e. The Morgan fingerprint density at radius 2 is 2.12 bits per heavy atom. The van der Waals surface area contributed by atoms with E-state index in [2.05, 4.69) is 29.6 Å². The van der Waals surface area contributed by atoms with Gasteiger partial charge in [-0.1, -0.05) is 6.92 Å². The van der Waals surface area contributed by atoms with Gasteiger partial charge in [0.1, 0.15) is 11.4 Å². The summed E-state index contributed by atoms with van der Waals surface area (Å²) in [6, 6.07) is 2.02. The van der Waals surface area contributed by atoms with Crippen LogP contribution in [0.4, 0.5) is 10.6 Å². The first kappa shape index (κ1) is 19.3. The molecular weight excluding hydrogens is 320 g/mol. The van der Waals surface area contributed by atoms with Gasteiger partial charge in [-0.3, -0.25) is 4.79 Å². The van der Waals surface area contributed by atoms with E-state index in [0.717, 1.165) is 25.1 Å². The molecule has 2 amide bonds. The molecule has 1 aromatic heterocycles. The summed E-state index contributed by atoms with van der Waals surface area (Å²) in [7, 11) is 0. The molecule has 7 nitrogen and oxygen atoms in total. The lowest BCUT2D eigenvalue weighted by Gasteiger charge is -2.21. The SMILES string of the molecule is CCC(C)n1nccc1NC(=O)C1CCC(NC(=O)OC(C)(C)C)C1. The first-order chi connectivity index (χ1) is 11.7. The van der Waals surface area contributed by atoms with Crippen LogP contribution < -0.4 is 10.6 Å². The summed E-state index contributed by atoms with van der Waals surface area (Å²) in [5.41, 5.74) is -0.520. The van der Waals surface area contributed by atoms with E-state index in [0.29, 0.717) is 6.42 Å². The summed E-state index contributed by atoms with van der Waals surface area (Å²) in [4.78, 5) is 24.4. The number of ether oxygens (including phenoxy) is 1. The molecule has 1 aromatic rings. The minimum absolute atomic E-state index is 0.0152. The molecule has 25 heavy (non-hydrogen) atoms. The van der Waals surface area contributed by atoms with Gasteiger partial charge in [-0.05, 0) is 53.4 Å². The van der Waals surface area contributed by atoms with Crippen molar-refractivity contribution in [1.29, 1.82) is 0 Å². The normalized spacial score (nSPS) is 21.6. The van der Waals surface area contributed by atoms with Gasteiger partial charge in [-0.15, -0.1) is 0 Å². The molecule has 2 N–H and O–H groups in total. The third kappa shape index (κ3) is 5.47. The molecule has 140 valence electrons. The second-order valence-corrected chi connectivity index (χ2v) is 7.76. The number of anilines is 1. The standard InChI is InChI=1S/C18H30N4O3/c1-6-12(2)22-15(9-10-19-22)21-16(23)13-7-8-14(11-13)20-17(24)25-18(3,4)5/h9-10,12-14H,6-8,11H2,1-5H3,(H,20,24)(H,21,23). The summed E-state index contributed by atoms with van der Waals surface area (Å²) in [5, 5.41) is 10.1. The van der Waals surface area contributed by atoms with Crippen LogP contribution in [0.15, 0.2) is 12.3 Å². The Bertz CT molecular complexity index is 606. The number of rotatable bonds is 5. The van der Waals surface area contributed by atoms with Crippen LogP contribution in [0.2, 0.25) is 0 Å². The molecule has 1 fully saturated rings. The fourth-order valence-corrected chi connectivity index (χ4v) is 2.99. The van der Waals surface area contributed by atoms with Gasteiger partial charge in [0.15, 0.2) is 0 Å². The van der Waals surface area contributed by atoms with Gasteiger partial charge in [0, 0.05) is 18.0 Å². The molecule has 1 aliphatic rings. The number of carbonyl (C=O) groups excluding carboxylic acids is 2. The summed E-state index contributed by atoms with van der Waals surface area (Å²) < 4.78 is 7.11. The maximum Gasteiger partial charge on any atom is 0.407 e. The molecule has 0 bridgehead atoms. The topological polar surface area (TPSA) is 85.3 Å². The summed E-state index contributed by atoms with van der Waals surface area (Å²) >= 11 is 0. The van der Waals surface area contributed by atoms with Crippen LogP contribution in [0.25, 0.3) is 0 Å². The quantitative estimate of drug-likeness (QED) is 0.851.